The summed E-state index contributed by atoms with van der Waals surface area (Å²) in [4.78, 5) is 49.8. The summed E-state index contributed by atoms with van der Waals surface area (Å²) in [6.45, 7) is 3.36. The summed E-state index contributed by atoms with van der Waals surface area (Å²) in [6.07, 6.45) is -0.108. The second kappa shape index (κ2) is 9.13. The van der Waals surface area contributed by atoms with Crippen LogP contribution in [-0.4, -0.2) is 68.7 Å². The fraction of sp³-hybridized carbons (Fsp3) is 0.444. The Morgan fingerprint density at radius 3 is 2.26 bits per heavy atom. The van der Waals surface area contributed by atoms with Gasteiger partial charge in [0.15, 0.2) is 0 Å². The van der Waals surface area contributed by atoms with Gasteiger partial charge >= 0.3 is 17.9 Å². The minimum atomic E-state index is -0.674. The molecular weight excluding hydrogens is 356 g/mol. The molecule has 1 heterocycles. The van der Waals surface area contributed by atoms with E-state index < -0.39 is 29.9 Å². The second-order valence-electron chi connectivity index (χ2n) is 5.85. The van der Waals surface area contributed by atoms with Crippen LogP contribution < -0.4 is 5.32 Å². The van der Waals surface area contributed by atoms with Gasteiger partial charge in [0.2, 0.25) is 5.91 Å². The Morgan fingerprint density at radius 2 is 1.74 bits per heavy atom. The van der Waals surface area contributed by atoms with E-state index in [9.17, 15) is 19.2 Å². The molecule has 146 valence electrons. The molecule has 0 unspecified atom stereocenters. The van der Waals surface area contributed by atoms with Crippen LogP contribution >= 0.6 is 0 Å². The van der Waals surface area contributed by atoms with Crippen LogP contribution in [0.25, 0.3) is 0 Å². The minimum Gasteiger partial charge on any atom is -0.465 e. The Bertz CT molecular complexity index is 713. The highest BCUT2D eigenvalue weighted by Gasteiger charge is 2.32. The van der Waals surface area contributed by atoms with E-state index in [-0.39, 0.29) is 23.2 Å². The predicted octanol–water partition coefficient (Wildman–Crippen LogP) is 0.836. The van der Waals surface area contributed by atoms with Crippen molar-refractivity contribution in [3.8, 4) is 0 Å². The quantitative estimate of drug-likeness (QED) is 0.572. The Hall–Kier alpha value is -2.94. The van der Waals surface area contributed by atoms with Crippen molar-refractivity contribution < 1.29 is 33.4 Å². The summed E-state index contributed by atoms with van der Waals surface area (Å²) < 4.78 is 14.3. The summed E-state index contributed by atoms with van der Waals surface area (Å²) in [6, 6.07) is 3.40. The molecule has 1 saturated heterocycles. The highest BCUT2D eigenvalue weighted by Crippen LogP contribution is 2.19. The summed E-state index contributed by atoms with van der Waals surface area (Å²) in [5.74, 6) is -2.22. The number of nitrogens with one attached hydrogen (secondary N) is 1. The van der Waals surface area contributed by atoms with E-state index in [1.807, 2.05) is 11.8 Å². The lowest BCUT2D eigenvalue weighted by Crippen LogP contribution is -2.50. The third kappa shape index (κ3) is 5.04. The first kappa shape index (κ1) is 20.4. The van der Waals surface area contributed by atoms with Crippen molar-refractivity contribution in [3.63, 3.8) is 0 Å². The number of methoxy groups -OCH3 is 2. The van der Waals surface area contributed by atoms with Gasteiger partial charge in [-0.25, -0.2) is 9.59 Å². The molecule has 0 radical (unpaired) electrons. The third-order valence-electron chi connectivity index (χ3n) is 4.18. The highest BCUT2D eigenvalue weighted by molar-refractivity contribution is 6.00. The van der Waals surface area contributed by atoms with E-state index in [4.69, 9.17) is 4.74 Å². The third-order valence-corrected chi connectivity index (χ3v) is 4.18. The van der Waals surface area contributed by atoms with E-state index in [0.29, 0.717) is 19.7 Å². The number of morpholine rings is 1. The molecule has 0 bridgehead atoms. The topological polar surface area (TPSA) is 111 Å². The maximum atomic E-state index is 12.4. The van der Waals surface area contributed by atoms with Crippen LogP contribution in [0.2, 0.25) is 0 Å². The van der Waals surface area contributed by atoms with E-state index in [1.54, 1.807) is 0 Å². The number of likely N-dealkylation sites (N-methyl/N-ethyl adjacent to an activating group) is 1. The number of hydrogen-bond donors (Lipinski definition) is 1. The van der Waals surface area contributed by atoms with Crippen molar-refractivity contribution in [3.05, 3.63) is 29.3 Å². The van der Waals surface area contributed by atoms with Crippen LogP contribution in [0.5, 0.6) is 0 Å². The SMILES string of the molecule is CCN1CCOC(=O)[C@H]1CC(=O)Nc1cc(C(=O)OC)cc(C(=O)OC)c1. The number of nitrogens with zero attached hydrogens (tertiary/aromatic N) is 1. The molecule has 1 aromatic carbocycles. The van der Waals surface area contributed by atoms with Crippen LogP contribution in [0, 0.1) is 0 Å². The summed E-state index contributed by atoms with van der Waals surface area (Å²) in [5, 5.41) is 2.60. The fourth-order valence-corrected chi connectivity index (χ4v) is 2.81. The lowest BCUT2D eigenvalue weighted by atomic mass is 10.1. The van der Waals surface area contributed by atoms with Gasteiger partial charge in [-0.1, -0.05) is 6.92 Å². The van der Waals surface area contributed by atoms with E-state index in [1.165, 1.54) is 32.4 Å². The van der Waals surface area contributed by atoms with Crippen molar-refractivity contribution in [1.29, 1.82) is 0 Å². The van der Waals surface area contributed by atoms with Gasteiger partial charge in [-0.3, -0.25) is 14.5 Å². The number of hydrogen-bond acceptors (Lipinski definition) is 8. The lowest BCUT2D eigenvalue weighted by molar-refractivity contribution is -0.158. The number of carbonyl (C=O) groups is 4. The van der Waals surface area contributed by atoms with Gasteiger partial charge in [0.25, 0.3) is 0 Å². The summed E-state index contributed by atoms with van der Waals surface area (Å²) in [5.41, 5.74) is 0.390. The van der Waals surface area contributed by atoms with E-state index in [0.717, 1.165) is 0 Å². The van der Waals surface area contributed by atoms with Gasteiger partial charge in [-0.05, 0) is 24.7 Å². The normalized spacial score (nSPS) is 17.0. The van der Waals surface area contributed by atoms with Gasteiger partial charge in [0.05, 0.1) is 31.8 Å². The highest BCUT2D eigenvalue weighted by atomic mass is 16.5. The number of amides is 1. The minimum absolute atomic E-state index is 0.0861. The molecule has 2 rings (SSSR count). The zero-order chi connectivity index (χ0) is 20.0. The van der Waals surface area contributed by atoms with Crippen molar-refractivity contribution >= 4 is 29.5 Å². The number of rotatable bonds is 6. The Balaban J connectivity index is 2.19. The molecule has 9 nitrogen and oxygen atoms in total. The standard InChI is InChI=1S/C18H22N2O7/c1-4-20-5-6-27-18(24)14(20)10-15(21)19-13-8-11(16(22)25-2)7-12(9-13)17(23)26-3/h7-9,14H,4-6,10H2,1-3H3,(H,19,21)/t14-/m1/s1. The van der Waals surface area contributed by atoms with Crippen LogP contribution in [-0.2, 0) is 23.8 Å². The first-order valence-corrected chi connectivity index (χ1v) is 8.41. The molecular formula is C18H22N2O7. The molecule has 9 heteroatoms. The fourth-order valence-electron chi connectivity index (χ4n) is 2.81. The second-order valence-corrected chi connectivity index (χ2v) is 5.85. The molecule has 0 aromatic heterocycles. The van der Waals surface area contributed by atoms with Gasteiger partial charge < -0.3 is 19.5 Å². The molecule has 0 spiro atoms. The molecule has 1 fully saturated rings. The van der Waals surface area contributed by atoms with Crippen LogP contribution in [0.15, 0.2) is 18.2 Å². The molecule has 1 N–H and O–H groups in total. The number of cyclic esters (lactones) is 1. The number of ether oxygens (including phenoxy) is 3. The number of benzene rings is 1. The van der Waals surface area contributed by atoms with Crippen molar-refractivity contribution in [2.24, 2.45) is 0 Å². The van der Waals surface area contributed by atoms with Gasteiger partial charge in [0.1, 0.15) is 12.6 Å². The molecule has 0 saturated carbocycles. The smallest absolute Gasteiger partial charge is 0.337 e. The van der Waals surface area contributed by atoms with E-state index >= 15 is 0 Å². The number of anilines is 1. The zero-order valence-corrected chi connectivity index (χ0v) is 15.4. The molecule has 1 aromatic rings. The lowest BCUT2D eigenvalue weighted by Gasteiger charge is -2.32. The Morgan fingerprint density at radius 1 is 1.15 bits per heavy atom. The predicted molar refractivity (Wildman–Crippen MR) is 94.4 cm³/mol. The maximum Gasteiger partial charge on any atom is 0.337 e. The average molecular weight is 378 g/mol. The van der Waals surface area contributed by atoms with Gasteiger partial charge in [-0.15, -0.1) is 0 Å². The molecule has 1 aliphatic heterocycles. The van der Waals surface area contributed by atoms with Gasteiger partial charge in [0, 0.05) is 12.2 Å². The summed E-state index contributed by atoms with van der Waals surface area (Å²) in [7, 11) is 2.42. The average Bonchev–Trinajstić information content (AvgIpc) is 2.67. The number of carbonyl (C=O) groups excluding carboxylic acids is 4. The largest absolute Gasteiger partial charge is 0.465 e. The summed E-state index contributed by atoms with van der Waals surface area (Å²) >= 11 is 0. The monoisotopic (exact) mass is 378 g/mol. The van der Waals surface area contributed by atoms with Crippen molar-refractivity contribution in [2.45, 2.75) is 19.4 Å². The van der Waals surface area contributed by atoms with Crippen molar-refractivity contribution in [1.82, 2.24) is 4.90 Å². The Kier molecular flexibility index (Phi) is 6.89. The zero-order valence-electron chi connectivity index (χ0n) is 15.4. The van der Waals surface area contributed by atoms with Gasteiger partial charge in [-0.2, -0.15) is 0 Å². The molecule has 0 aliphatic carbocycles. The first-order chi connectivity index (χ1) is 12.9. The maximum absolute atomic E-state index is 12.4. The Labute approximate surface area is 156 Å². The van der Waals surface area contributed by atoms with E-state index in [2.05, 4.69) is 14.8 Å². The molecule has 27 heavy (non-hydrogen) atoms. The molecule has 1 aliphatic rings. The van der Waals surface area contributed by atoms with Crippen LogP contribution in [0.1, 0.15) is 34.1 Å². The first-order valence-electron chi connectivity index (χ1n) is 8.41. The number of esters is 3. The van der Waals surface area contributed by atoms with Crippen LogP contribution in [0.3, 0.4) is 0 Å². The van der Waals surface area contributed by atoms with Crippen molar-refractivity contribution in [2.75, 3.05) is 39.2 Å². The molecule has 1 atom stereocenters. The van der Waals surface area contributed by atoms with Crippen LogP contribution in [0.4, 0.5) is 5.69 Å². The molecule has 1 amide bonds.